The number of nitrogens with zero attached hydrogens (tertiary/aromatic N) is 1. The van der Waals surface area contributed by atoms with Crippen LogP contribution in [0.25, 0.3) is 60.6 Å². The maximum atomic E-state index is 6.06. The van der Waals surface area contributed by atoms with E-state index in [0.717, 1.165) is 32.1 Å². The maximum absolute atomic E-state index is 6.06. The highest BCUT2D eigenvalue weighted by Gasteiger charge is 2.15. The second kappa shape index (κ2) is 7.09. The molecule has 33 heavy (non-hydrogen) atoms. The first-order valence-electron chi connectivity index (χ1n) is 11.0. The number of aromatic nitrogens is 1. The van der Waals surface area contributed by atoms with Crippen molar-refractivity contribution in [3.63, 3.8) is 0 Å². The summed E-state index contributed by atoms with van der Waals surface area (Å²) >= 11 is 3.61. The molecule has 7 rings (SSSR count). The van der Waals surface area contributed by atoms with Crippen molar-refractivity contribution in [2.45, 2.75) is 0 Å². The number of halogens is 1. The summed E-state index contributed by atoms with van der Waals surface area (Å²) in [4.78, 5) is 0. The maximum Gasteiger partial charge on any atom is 0.135 e. The molecule has 2 nitrogen and oxygen atoms in total. The third kappa shape index (κ3) is 2.86. The molecule has 2 heterocycles. The van der Waals surface area contributed by atoms with Gasteiger partial charge in [0.15, 0.2) is 0 Å². The van der Waals surface area contributed by atoms with E-state index in [1.807, 2.05) is 12.1 Å². The molecule has 0 unspecified atom stereocenters. The lowest BCUT2D eigenvalue weighted by molar-refractivity contribution is 0.669. The summed E-state index contributed by atoms with van der Waals surface area (Å²) in [6, 6.07) is 38.6. The Morgan fingerprint density at radius 1 is 0.515 bits per heavy atom. The summed E-state index contributed by atoms with van der Waals surface area (Å²) in [6.07, 6.45) is 0. The van der Waals surface area contributed by atoms with Gasteiger partial charge in [0.05, 0.1) is 11.0 Å². The fourth-order valence-electron chi connectivity index (χ4n) is 4.95. The number of furan rings is 1. The van der Waals surface area contributed by atoms with E-state index in [0.29, 0.717) is 0 Å². The zero-order valence-corrected chi connectivity index (χ0v) is 19.2. The molecular formula is C30H18BrNO. The molecule has 0 fully saturated rings. The quantitative estimate of drug-likeness (QED) is 0.237. The molecule has 0 aliphatic heterocycles. The number of hydrogen-bond donors (Lipinski definition) is 0. The van der Waals surface area contributed by atoms with E-state index >= 15 is 0 Å². The molecule has 2 aromatic heterocycles. The van der Waals surface area contributed by atoms with E-state index in [9.17, 15) is 0 Å². The van der Waals surface area contributed by atoms with Crippen LogP contribution in [0.5, 0.6) is 0 Å². The Labute approximate surface area is 198 Å². The number of rotatable bonds is 2. The van der Waals surface area contributed by atoms with E-state index in [4.69, 9.17) is 4.42 Å². The minimum atomic E-state index is 0.914. The Morgan fingerprint density at radius 3 is 2.18 bits per heavy atom. The minimum Gasteiger partial charge on any atom is -0.456 e. The van der Waals surface area contributed by atoms with Gasteiger partial charge in [-0.05, 0) is 65.7 Å². The fraction of sp³-hybridized carbons (Fsp3) is 0. The lowest BCUT2D eigenvalue weighted by Crippen LogP contribution is -1.93. The largest absolute Gasteiger partial charge is 0.456 e. The van der Waals surface area contributed by atoms with Crippen LogP contribution in [0.1, 0.15) is 0 Å². The monoisotopic (exact) mass is 487 g/mol. The SMILES string of the molecule is Brc1cccc(-c2ccc3c(c2)c2ccccc2n3-c2ccc3oc4ccccc4c3c2)c1. The van der Waals surface area contributed by atoms with Crippen LogP contribution in [0.15, 0.2) is 118 Å². The molecule has 3 heteroatoms. The molecule has 5 aromatic carbocycles. The van der Waals surface area contributed by atoms with Gasteiger partial charge < -0.3 is 8.98 Å². The van der Waals surface area contributed by atoms with Gasteiger partial charge in [-0.1, -0.05) is 70.5 Å². The summed E-state index contributed by atoms with van der Waals surface area (Å²) < 4.78 is 9.50. The predicted molar refractivity (Wildman–Crippen MR) is 141 cm³/mol. The fourth-order valence-corrected chi connectivity index (χ4v) is 5.35. The number of hydrogen-bond acceptors (Lipinski definition) is 1. The summed E-state index contributed by atoms with van der Waals surface area (Å²) in [5.74, 6) is 0. The molecule has 0 atom stereocenters. The summed E-state index contributed by atoms with van der Waals surface area (Å²) in [7, 11) is 0. The van der Waals surface area contributed by atoms with Gasteiger partial charge >= 0.3 is 0 Å². The first kappa shape index (κ1) is 18.7. The Hall–Kier alpha value is -3.82. The molecule has 0 N–H and O–H groups in total. The first-order valence-corrected chi connectivity index (χ1v) is 11.8. The van der Waals surface area contributed by atoms with Gasteiger partial charge in [-0.25, -0.2) is 0 Å². The molecule has 0 saturated carbocycles. The molecule has 0 aliphatic carbocycles. The first-order chi connectivity index (χ1) is 16.3. The lowest BCUT2D eigenvalue weighted by atomic mass is 10.0. The molecular weight excluding hydrogens is 470 g/mol. The number of para-hydroxylation sites is 2. The number of fused-ring (bicyclic) bond motifs is 6. The molecule has 0 radical (unpaired) electrons. The van der Waals surface area contributed by atoms with Gasteiger partial charge in [-0.15, -0.1) is 0 Å². The highest BCUT2D eigenvalue weighted by atomic mass is 79.9. The van der Waals surface area contributed by atoms with Crippen molar-refractivity contribution < 1.29 is 4.42 Å². The van der Waals surface area contributed by atoms with Crippen LogP contribution in [-0.4, -0.2) is 4.57 Å². The number of benzene rings is 5. The average Bonchev–Trinajstić information content (AvgIpc) is 3.39. The van der Waals surface area contributed by atoms with Crippen LogP contribution in [0.3, 0.4) is 0 Å². The van der Waals surface area contributed by atoms with Gasteiger partial charge in [0, 0.05) is 31.7 Å². The minimum absolute atomic E-state index is 0.914. The van der Waals surface area contributed by atoms with E-state index in [-0.39, 0.29) is 0 Å². The van der Waals surface area contributed by atoms with Gasteiger partial charge in [0.25, 0.3) is 0 Å². The van der Waals surface area contributed by atoms with Gasteiger partial charge in [-0.2, -0.15) is 0 Å². The van der Waals surface area contributed by atoms with E-state index in [1.165, 1.54) is 32.9 Å². The normalized spacial score (nSPS) is 11.8. The molecule has 7 aromatic rings. The second-order valence-electron chi connectivity index (χ2n) is 8.37. The molecule has 0 aliphatic rings. The molecule has 0 amide bonds. The van der Waals surface area contributed by atoms with Crippen molar-refractivity contribution >= 4 is 59.7 Å². The van der Waals surface area contributed by atoms with Crippen LogP contribution in [0.4, 0.5) is 0 Å². The van der Waals surface area contributed by atoms with Crippen molar-refractivity contribution in [3.05, 3.63) is 114 Å². The predicted octanol–water partition coefficient (Wildman–Crippen LogP) is 9.11. The van der Waals surface area contributed by atoms with Crippen molar-refractivity contribution in [3.8, 4) is 16.8 Å². The zero-order valence-electron chi connectivity index (χ0n) is 17.6. The average molecular weight is 488 g/mol. The van der Waals surface area contributed by atoms with E-state index in [2.05, 4.69) is 118 Å². The van der Waals surface area contributed by atoms with Crippen molar-refractivity contribution in [1.29, 1.82) is 0 Å². The van der Waals surface area contributed by atoms with E-state index in [1.54, 1.807) is 0 Å². The molecule has 0 spiro atoms. The van der Waals surface area contributed by atoms with Gasteiger partial charge in [-0.3, -0.25) is 0 Å². The third-order valence-electron chi connectivity index (χ3n) is 6.45. The van der Waals surface area contributed by atoms with Gasteiger partial charge in [0.2, 0.25) is 0 Å². The zero-order chi connectivity index (χ0) is 21.9. The molecule has 0 saturated heterocycles. The van der Waals surface area contributed by atoms with Crippen molar-refractivity contribution in [2.24, 2.45) is 0 Å². The summed E-state index contributed by atoms with van der Waals surface area (Å²) in [5, 5.41) is 4.79. The van der Waals surface area contributed by atoms with Gasteiger partial charge in [0.1, 0.15) is 11.2 Å². The van der Waals surface area contributed by atoms with Crippen LogP contribution in [0.2, 0.25) is 0 Å². The highest BCUT2D eigenvalue weighted by Crippen LogP contribution is 2.37. The standard InChI is InChI=1S/C30H18BrNO/c31-21-7-5-6-19(16-21)20-12-14-28-25(17-20)23-8-1-3-10-27(23)32(28)22-13-15-30-26(18-22)24-9-2-4-11-29(24)33-30/h1-18H. The topological polar surface area (TPSA) is 18.1 Å². The third-order valence-corrected chi connectivity index (χ3v) is 6.94. The Kier molecular flexibility index (Phi) is 4.02. The lowest BCUT2D eigenvalue weighted by Gasteiger charge is -2.09. The van der Waals surface area contributed by atoms with Crippen molar-refractivity contribution in [2.75, 3.05) is 0 Å². The molecule has 156 valence electrons. The second-order valence-corrected chi connectivity index (χ2v) is 9.29. The highest BCUT2D eigenvalue weighted by molar-refractivity contribution is 9.10. The molecule has 0 bridgehead atoms. The van der Waals surface area contributed by atoms with Crippen LogP contribution >= 0.6 is 15.9 Å². The van der Waals surface area contributed by atoms with Crippen LogP contribution in [-0.2, 0) is 0 Å². The van der Waals surface area contributed by atoms with Crippen LogP contribution < -0.4 is 0 Å². The Morgan fingerprint density at radius 2 is 1.27 bits per heavy atom. The summed E-state index contributed by atoms with van der Waals surface area (Å²) in [6.45, 7) is 0. The summed E-state index contributed by atoms with van der Waals surface area (Å²) in [5.41, 5.74) is 7.78. The van der Waals surface area contributed by atoms with Crippen LogP contribution in [0, 0.1) is 0 Å². The van der Waals surface area contributed by atoms with E-state index < -0.39 is 0 Å². The smallest absolute Gasteiger partial charge is 0.135 e. The van der Waals surface area contributed by atoms with Crippen molar-refractivity contribution in [1.82, 2.24) is 4.57 Å². The Bertz CT molecular complexity index is 1840. The Balaban J connectivity index is 1.52.